The summed E-state index contributed by atoms with van der Waals surface area (Å²) < 4.78 is 22.4. The van der Waals surface area contributed by atoms with Crippen LogP contribution in [0.4, 0.5) is 5.69 Å². The second-order valence-electron chi connectivity index (χ2n) is 2.90. The third-order valence-electron chi connectivity index (χ3n) is 1.78. The molecule has 0 radical (unpaired) electrons. The van der Waals surface area contributed by atoms with E-state index in [4.69, 9.17) is 15.8 Å². The van der Waals surface area contributed by atoms with Gasteiger partial charge in [0.05, 0.1) is 10.6 Å². The van der Waals surface area contributed by atoms with Gasteiger partial charge in [-0.1, -0.05) is 12.1 Å². The van der Waals surface area contributed by atoms with Crippen molar-refractivity contribution in [2.75, 3.05) is 12.0 Å². The molecule has 0 unspecified atom stereocenters. The van der Waals surface area contributed by atoms with Crippen molar-refractivity contribution in [1.29, 1.82) is 0 Å². The van der Waals surface area contributed by atoms with Gasteiger partial charge in [0, 0.05) is 11.7 Å². The molecule has 5 nitrogen and oxygen atoms in total. The van der Waals surface area contributed by atoms with E-state index < -0.39 is 17.0 Å². The van der Waals surface area contributed by atoms with Gasteiger partial charge in [-0.05, 0) is 6.07 Å². The highest BCUT2D eigenvalue weighted by Crippen LogP contribution is 2.15. The Bertz CT molecular complexity index is 443. The average molecular weight is 215 g/mol. The van der Waals surface area contributed by atoms with Gasteiger partial charge in [-0.25, -0.2) is 8.42 Å². The number of nitrogen functional groups attached to an aromatic ring is 1. The van der Waals surface area contributed by atoms with Crippen molar-refractivity contribution in [2.45, 2.75) is 4.90 Å². The van der Waals surface area contributed by atoms with Crippen LogP contribution in [0.3, 0.4) is 0 Å². The van der Waals surface area contributed by atoms with Gasteiger partial charge in [0.2, 0.25) is 0 Å². The molecule has 1 rings (SSSR count). The Morgan fingerprint density at radius 3 is 2.36 bits per heavy atom. The molecule has 76 valence electrons. The standard InChI is InChI=1S/C7H10BNO4S/c1-14(12,13)6-4-2-3-5(7(6)9)8(10)11/h2-4,10-11H,9H2,1H3. The number of nitrogens with two attached hydrogens (primary N) is 1. The van der Waals surface area contributed by atoms with Gasteiger partial charge in [0.25, 0.3) is 0 Å². The minimum atomic E-state index is -3.44. The Morgan fingerprint density at radius 2 is 1.93 bits per heavy atom. The van der Waals surface area contributed by atoms with E-state index in [2.05, 4.69) is 0 Å². The molecular weight excluding hydrogens is 205 g/mol. The summed E-state index contributed by atoms with van der Waals surface area (Å²) in [5.74, 6) is 0. The minimum Gasteiger partial charge on any atom is -0.423 e. The third-order valence-corrected chi connectivity index (χ3v) is 2.93. The molecular formula is C7H10BNO4S. The molecule has 0 aliphatic heterocycles. The minimum absolute atomic E-state index is 0.00655. The SMILES string of the molecule is CS(=O)(=O)c1cccc(B(O)O)c1N. The molecule has 7 heteroatoms. The van der Waals surface area contributed by atoms with E-state index >= 15 is 0 Å². The Kier molecular flexibility index (Phi) is 2.84. The molecule has 14 heavy (non-hydrogen) atoms. The summed E-state index contributed by atoms with van der Waals surface area (Å²) in [4.78, 5) is -0.0944. The lowest BCUT2D eigenvalue weighted by Gasteiger charge is -2.08. The highest BCUT2D eigenvalue weighted by atomic mass is 32.2. The first-order valence-corrected chi connectivity index (χ1v) is 5.67. The van der Waals surface area contributed by atoms with Crippen molar-refractivity contribution in [2.24, 2.45) is 0 Å². The first-order valence-electron chi connectivity index (χ1n) is 3.78. The third kappa shape index (κ3) is 2.06. The van der Waals surface area contributed by atoms with Gasteiger partial charge < -0.3 is 15.8 Å². The van der Waals surface area contributed by atoms with Crippen molar-refractivity contribution < 1.29 is 18.5 Å². The predicted molar refractivity (Wildman–Crippen MR) is 53.8 cm³/mol. The van der Waals surface area contributed by atoms with E-state index in [-0.39, 0.29) is 16.0 Å². The Labute approximate surface area is 82.2 Å². The molecule has 0 bridgehead atoms. The smallest absolute Gasteiger partial charge is 0.423 e. The second kappa shape index (κ2) is 3.60. The second-order valence-corrected chi connectivity index (χ2v) is 4.89. The van der Waals surface area contributed by atoms with Crippen LogP contribution in [0, 0.1) is 0 Å². The predicted octanol–water partition coefficient (Wildman–Crippen LogP) is -1.65. The average Bonchev–Trinajstić information content (AvgIpc) is 2.01. The van der Waals surface area contributed by atoms with Gasteiger partial charge in [0.1, 0.15) is 0 Å². The van der Waals surface area contributed by atoms with Crippen molar-refractivity contribution in [3.8, 4) is 0 Å². The number of hydrogen-bond donors (Lipinski definition) is 3. The fraction of sp³-hybridized carbons (Fsp3) is 0.143. The first kappa shape index (κ1) is 11.0. The van der Waals surface area contributed by atoms with Crippen LogP contribution in [-0.2, 0) is 9.84 Å². The topological polar surface area (TPSA) is 101 Å². The first-order chi connectivity index (χ1) is 6.34. The van der Waals surface area contributed by atoms with Crippen molar-refractivity contribution in [1.82, 2.24) is 0 Å². The van der Waals surface area contributed by atoms with E-state index in [9.17, 15) is 8.42 Å². The van der Waals surface area contributed by atoms with Gasteiger partial charge in [0.15, 0.2) is 9.84 Å². The number of rotatable bonds is 2. The van der Waals surface area contributed by atoms with E-state index in [1.807, 2.05) is 0 Å². The number of sulfone groups is 1. The number of para-hydroxylation sites is 1. The molecule has 0 saturated heterocycles. The Hall–Kier alpha value is -1.05. The summed E-state index contributed by atoms with van der Waals surface area (Å²) in [5, 5.41) is 17.8. The van der Waals surface area contributed by atoms with Gasteiger partial charge in [-0.15, -0.1) is 0 Å². The van der Waals surface area contributed by atoms with Crippen LogP contribution in [0.15, 0.2) is 23.1 Å². The molecule has 0 amide bonds. The quantitative estimate of drug-likeness (QED) is 0.405. The number of anilines is 1. The largest absolute Gasteiger partial charge is 0.490 e. The van der Waals surface area contributed by atoms with Crippen LogP contribution >= 0.6 is 0 Å². The zero-order valence-electron chi connectivity index (χ0n) is 7.51. The van der Waals surface area contributed by atoms with Crippen LogP contribution in [-0.4, -0.2) is 31.8 Å². The number of benzene rings is 1. The van der Waals surface area contributed by atoms with Crippen molar-refractivity contribution in [3.63, 3.8) is 0 Å². The van der Waals surface area contributed by atoms with E-state index in [1.54, 1.807) is 0 Å². The molecule has 1 aromatic carbocycles. The van der Waals surface area contributed by atoms with Gasteiger partial charge >= 0.3 is 7.12 Å². The maximum atomic E-state index is 11.2. The van der Waals surface area contributed by atoms with Crippen LogP contribution in [0.5, 0.6) is 0 Å². The maximum Gasteiger partial charge on any atom is 0.490 e. The molecule has 0 atom stereocenters. The lowest BCUT2D eigenvalue weighted by molar-refractivity contribution is 0.426. The maximum absolute atomic E-state index is 11.2. The zero-order chi connectivity index (χ0) is 10.9. The molecule has 0 aromatic heterocycles. The fourth-order valence-corrected chi connectivity index (χ4v) is 1.95. The fourth-order valence-electron chi connectivity index (χ4n) is 1.11. The Morgan fingerprint density at radius 1 is 1.36 bits per heavy atom. The Balaban J connectivity index is 3.43. The molecule has 0 spiro atoms. The summed E-state index contributed by atoms with van der Waals surface area (Å²) >= 11 is 0. The van der Waals surface area contributed by atoms with Gasteiger partial charge in [-0.2, -0.15) is 0 Å². The molecule has 1 aromatic rings. The molecule has 4 N–H and O–H groups in total. The van der Waals surface area contributed by atoms with Crippen molar-refractivity contribution in [3.05, 3.63) is 18.2 Å². The highest BCUT2D eigenvalue weighted by molar-refractivity contribution is 7.90. The summed E-state index contributed by atoms with van der Waals surface area (Å²) in [5.41, 5.74) is 5.34. The normalized spacial score (nSPS) is 11.4. The highest BCUT2D eigenvalue weighted by Gasteiger charge is 2.20. The molecule has 0 aliphatic rings. The molecule has 0 saturated carbocycles. The summed E-state index contributed by atoms with van der Waals surface area (Å²) in [6.07, 6.45) is 1.01. The monoisotopic (exact) mass is 215 g/mol. The van der Waals surface area contributed by atoms with Crippen molar-refractivity contribution >= 4 is 28.1 Å². The zero-order valence-corrected chi connectivity index (χ0v) is 8.32. The molecule has 0 heterocycles. The van der Waals surface area contributed by atoms with Crippen LogP contribution in [0.2, 0.25) is 0 Å². The lowest BCUT2D eigenvalue weighted by atomic mass is 9.79. The number of hydrogen-bond acceptors (Lipinski definition) is 5. The van der Waals surface area contributed by atoms with Crippen LogP contribution in [0.1, 0.15) is 0 Å². The lowest BCUT2D eigenvalue weighted by Crippen LogP contribution is -2.33. The molecule has 0 fully saturated rings. The van der Waals surface area contributed by atoms with E-state index in [0.717, 1.165) is 6.26 Å². The van der Waals surface area contributed by atoms with Crippen LogP contribution in [0.25, 0.3) is 0 Å². The summed E-state index contributed by atoms with van der Waals surface area (Å²) in [6.45, 7) is 0. The summed E-state index contributed by atoms with van der Waals surface area (Å²) in [6, 6.07) is 4.08. The van der Waals surface area contributed by atoms with E-state index in [1.165, 1.54) is 18.2 Å². The van der Waals surface area contributed by atoms with Gasteiger partial charge in [-0.3, -0.25) is 0 Å². The summed E-state index contributed by atoms with van der Waals surface area (Å²) in [7, 11) is -5.20. The van der Waals surface area contributed by atoms with Crippen LogP contribution < -0.4 is 11.2 Å². The molecule has 0 aliphatic carbocycles. The van der Waals surface area contributed by atoms with E-state index in [0.29, 0.717) is 0 Å².